The number of nitrogens with two attached hydrogens (primary N) is 1. The minimum Gasteiger partial charge on any atom is -0.481 e. The summed E-state index contributed by atoms with van der Waals surface area (Å²) in [4.78, 5) is 23.6. The van der Waals surface area contributed by atoms with Gasteiger partial charge in [-0.3, -0.25) is 4.79 Å². The van der Waals surface area contributed by atoms with Crippen LogP contribution in [-0.4, -0.2) is 47.1 Å². The second kappa shape index (κ2) is 8.27. The molecule has 33 heavy (non-hydrogen) atoms. The van der Waals surface area contributed by atoms with Gasteiger partial charge in [-0.1, -0.05) is 18.2 Å². The maximum absolute atomic E-state index is 13.5. The standard InChI is InChI=1S/C23H24FN3O5S/c1-27(23(25)30,33(31,32)17-9-6-15(24)7-10-17)16-8-11-21-19(14-16)18-4-2-3-5-20(18)26(21)13-12-22(28)29/h2-7,9-10,16H,8,11-14H2,1H3,(H2-,25,28,29,30)/p+1. The summed E-state index contributed by atoms with van der Waals surface area (Å²) in [5, 5.41) is 10.1. The number of benzene rings is 2. The first-order chi connectivity index (χ1) is 15.6. The highest BCUT2D eigenvalue weighted by molar-refractivity contribution is 7.86. The molecule has 10 heteroatoms. The number of urea groups is 1. The van der Waals surface area contributed by atoms with Crippen molar-refractivity contribution in [3.05, 3.63) is 65.6 Å². The number of hydrogen-bond acceptors (Lipinski definition) is 4. The number of carboxylic acids is 1. The SMILES string of the molecule is C[N+](C(N)=O)(C1CCc2c(c3ccccc3n2CCC(=O)O)C1)S(=O)(=O)c1ccc(F)cc1. The number of aliphatic carboxylic acids is 1. The van der Waals surface area contributed by atoms with E-state index in [9.17, 15) is 22.4 Å². The third-order valence-electron chi connectivity index (χ3n) is 6.64. The Morgan fingerprint density at radius 1 is 1.18 bits per heavy atom. The largest absolute Gasteiger partial charge is 0.481 e. The minimum absolute atomic E-state index is 0.0391. The minimum atomic E-state index is -4.27. The zero-order valence-electron chi connectivity index (χ0n) is 18.1. The van der Waals surface area contributed by atoms with Crippen molar-refractivity contribution in [3.8, 4) is 0 Å². The highest BCUT2D eigenvalue weighted by Gasteiger charge is 2.52. The van der Waals surface area contributed by atoms with Crippen LogP contribution in [0.5, 0.6) is 0 Å². The number of aryl methyl sites for hydroxylation is 1. The van der Waals surface area contributed by atoms with Gasteiger partial charge in [0.05, 0.1) is 13.5 Å². The highest BCUT2D eigenvalue weighted by atomic mass is 32.2. The molecule has 2 unspecified atom stereocenters. The molecule has 1 heterocycles. The molecule has 1 aromatic heterocycles. The summed E-state index contributed by atoms with van der Waals surface area (Å²) in [7, 11) is -2.98. The predicted octanol–water partition coefficient (Wildman–Crippen LogP) is 3.03. The molecule has 174 valence electrons. The van der Waals surface area contributed by atoms with E-state index in [1.807, 2.05) is 28.8 Å². The number of carbonyl (C=O) groups is 2. The molecule has 0 saturated heterocycles. The zero-order chi connectivity index (χ0) is 24.0. The van der Waals surface area contributed by atoms with Crippen molar-refractivity contribution in [1.29, 1.82) is 0 Å². The van der Waals surface area contributed by atoms with Crippen LogP contribution >= 0.6 is 0 Å². The topological polar surface area (TPSA) is 119 Å². The van der Waals surface area contributed by atoms with Crippen molar-refractivity contribution < 1.29 is 31.4 Å². The number of fused-ring (bicyclic) bond motifs is 3. The molecule has 0 aliphatic heterocycles. The lowest BCUT2D eigenvalue weighted by molar-refractivity contribution is -0.729. The van der Waals surface area contributed by atoms with Crippen LogP contribution in [0, 0.1) is 5.82 Å². The van der Waals surface area contributed by atoms with E-state index in [-0.39, 0.29) is 17.7 Å². The summed E-state index contributed by atoms with van der Waals surface area (Å²) in [5.41, 5.74) is 8.40. The smallest absolute Gasteiger partial charge is 0.429 e. The van der Waals surface area contributed by atoms with Crippen LogP contribution < -0.4 is 5.73 Å². The van der Waals surface area contributed by atoms with Crippen LogP contribution in [0.2, 0.25) is 0 Å². The molecule has 3 aromatic rings. The maximum Gasteiger partial charge on any atom is 0.429 e. The second-order valence-corrected chi connectivity index (χ2v) is 10.6. The number of aromatic nitrogens is 1. The van der Waals surface area contributed by atoms with Crippen LogP contribution in [0.3, 0.4) is 0 Å². The van der Waals surface area contributed by atoms with E-state index >= 15 is 0 Å². The summed E-state index contributed by atoms with van der Waals surface area (Å²) < 4.78 is 41.4. The summed E-state index contributed by atoms with van der Waals surface area (Å²) in [5.74, 6) is -1.49. The van der Waals surface area contributed by atoms with Gasteiger partial charge in [0.25, 0.3) is 0 Å². The maximum atomic E-state index is 13.5. The monoisotopic (exact) mass is 474 g/mol. The molecular weight excluding hydrogens is 449 g/mol. The number of halogens is 1. The lowest BCUT2D eigenvalue weighted by atomic mass is 9.90. The number of sulfonamides is 1. The van der Waals surface area contributed by atoms with Crippen LogP contribution in [0.25, 0.3) is 10.9 Å². The van der Waals surface area contributed by atoms with Gasteiger partial charge in [-0.15, -0.1) is 3.89 Å². The summed E-state index contributed by atoms with van der Waals surface area (Å²) >= 11 is 0. The fourth-order valence-electron chi connectivity index (χ4n) is 4.79. The van der Waals surface area contributed by atoms with Gasteiger partial charge in [-0.05, 0) is 42.3 Å². The Balaban J connectivity index is 1.79. The van der Waals surface area contributed by atoms with Gasteiger partial charge in [0, 0.05) is 36.0 Å². The van der Waals surface area contributed by atoms with Gasteiger partial charge in [-0.2, -0.15) is 8.42 Å². The number of quaternary nitrogens is 1. The number of primary amides is 1. The molecule has 0 fully saturated rings. The van der Waals surface area contributed by atoms with E-state index in [1.54, 1.807) is 0 Å². The van der Waals surface area contributed by atoms with E-state index in [2.05, 4.69) is 0 Å². The quantitative estimate of drug-likeness (QED) is 0.532. The number of rotatable bonds is 6. The Kier molecular flexibility index (Phi) is 5.75. The second-order valence-electron chi connectivity index (χ2n) is 8.39. The average molecular weight is 475 g/mol. The predicted molar refractivity (Wildman–Crippen MR) is 119 cm³/mol. The Morgan fingerprint density at radius 3 is 2.48 bits per heavy atom. The Labute approximate surface area is 190 Å². The van der Waals surface area contributed by atoms with E-state index in [0.29, 0.717) is 19.4 Å². The summed E-state index contributed by atoms with van der Waals surface area (Å²) in [6.07, 6.45) is 1.06. The molecule has 0 radical (unpaired) electrons. The van der Waals surface area contributed by atoms with Gasteiger partial charge in [0.15, 0.2) is 0 Å². The Hall–Kier alpha value is -3.24. The van der Waals surface area contributed by atoms with E-state index in [0.717, 1.165) is 46.4 Å². The molecule has 0 spiro atoms. The van der Waals surface area contributed by atoms with Crippen molar-refractivity contribution >= 4 is 32.9 Å². The molecule has 0 bridgehead atoms. The number of carboxylic acid groups (broad SMARTS) is 1. The molecule has 1 aliphatic rings. The van der Waals surface area contributed by atoms with Gasteiger partial charge in [0.1, 0.15) is 16.8 Å². The lowest BCUT2D eigenvalue weighted by Gasteiger charge is -2.38. The van der Waals surface area contributed by atoms with E-state index in [1.165, 1.54) is 7.05 Å². The summed E-state index contributed by atoms with van der Waals surface area (Å²) in [6, 6.07) is 10.2. The fraction of sp³-hybridized carbons (Fsp3) is 0.304. The third-order valence-corrected chi connectivity index (χ3v) is 8.99. The number of likely N-dealkylation sites (N-methyl/N-ethyl adjacent to an activating group) is 1. The summed E-state index contributed by atoms with van der Waals surface area (Å²) in [6.45, 7) is 0.297. The van der Waals surface area contributed by atoms with Crippen LogP contribution in [-0.2, 0) is 34.2 Å². The molecule has 2 aromatic carbocycles. The Bertz CT molecular complexity index is 1350. The Morgan fingerprint density at radius 2 is 1.85 bits per heavy atom. The molecule has 3 N–H and O–H groups in total. The first-order valence-corrected chi connectivity index (χ1v) is 12.0. The first kappa shape index (κ1) is 22.9. The van der Waals surface area contributed by atoms with Crippen molar-refractivity contribution in [3.63, 3.8) is 0 Å². The number of nitrogens with zero attached hydrogens (tertiary/aromatic N) is 2. The third kappa shape index (κ3) is 3.68. The molecule has 2 atom stereocenters. The molecular formula is C23H25FN3O5S+. The van der Waals surface area contributed by atoms with Crippen molar-refractivity contribution in [2.45, 2.75) is 43.2 Å². The highest BCUT2D eigenvalue weighted by Crippen LogP contribution is 2.38. The van der Waals surface area contributed by atoms with Gasteiger partial charge in [-0.25, -0.2) is 9.18 Å². The van der Waals surface area contributed by atoms with Gasteiger partial charge >= 0.3 is 22.0 Å². The molecule has 8 nitrogen and oxygen atoms in total. The number of para-hydroxylation sites is 1. The van der Waals surface area contributed by atoms with Crippen LogP contribution in [0.4, 0.5) is 9.18 Å². The molecule has 4 rings (SSSR count). The van der Waals surface area contributed by atoms with E-state index < -0.39 is 37.8 Å². The number of hydrogen-bond donors (Lipinski definition) is 2. The van der Waals surface area contributed by atoms with Gasteiger partial charge in [0.2, 0.25) is 0 Å². The number of amides is 2. The van der Waals surface area contributed by atoms with Crippen molar-refractivity contribution in [2.24, 2.45) is 5.73 Å². The first-order valence-electron chi connectivity index (χ1n) is 10.5. The number of carbonyl (C=O) groups excluding carboxylic acids is 1. The fourth-order valence-corrected chi connectivity index (χ4v) is 6.51. The molecule has 1 aliphatic carbocycles. The van der Waals surface area contributed by atoms with Crippen molar-refractivity contribution in [1.82, 2.24) is 4.57 Å². The van der Waals surface area contributed by atoms with Gasteiger partial charge < -0.3 is 15.4 Å². The molecule has 0 saturated carbocycles. The van der Waals surface area contributed by atoms with Crippen molar-refractivity contribution in [2.75, 3.05) is 7.05 Å². The van der Waals surface area contributed by atoms with Crippen LogP contribution in [0.15, 0.2) is 53.4 Å². The van der Waals surface area contributed by atoms with E-state index in [4.69, 9.17) is 10.8 Å². The average Bonchev–Trinajstić information content (AvgIpc) is 3.10. The normalized spacial score (nSPS) is 17.9. The molecule has 2 amide bonds. The zero-order valence-corrected chi connectivity index (χ0v) is 18.9. The van der Waals surface area contributed by atoms with Crippen LogP contribution in [0.1, 0.15) is 24.1 Å². The lowest BCUT2D eigenvalue weighted by Crippen LogP contribution is -2.63.